The SMILES string of the molecule is COC(=O)N1CCC(c2ccc3c(c2Cl)CN(C(=O)O)C3C(=O)[C@@H](Nc2ncc(C(C)C)s2)C(C)(C)C)C1. The number of nitrogens with zero attached hydrogens (tertiary/aromatic N) is 3. The average Bonchev–Trinajstić information content (AvgIpc) is 3.59. The van der Waals surface area contributed by atoms with Crippen LogP contribution in [0.4, 0.5) is 14.7 Å². The second-order valence-corrected chi connectivity index (χ2v) is 12.8. The standard InChI is InChI=1S/C27H35ClN4O5S/c1-14(2)19-11-29-24(38-19)30-23(27(3,4)5)22(33)21-17-8-7-16(15-9-10-31(12-15)26(36)37-6)20(28)18(17)13-32(21)25(34)35/h7-8,11,14-15,21,23H,9-10,12-13H2,1-6H3,(H,29,30)(H,34,35)/t15?,21?,23-/m1/s1. The maximum atomic E-state index is 14.1. The first-order valence-electron chi connectivity index (χ1n) is 12.7. The summed E-state index contributed by atoms with van der Waals surface area (Å²) < 4.78 is 4.84. The lowest BCUT2D eigenvalue weighted by Crippen LogP contribution is -2.47. The van der Waals surface area contributed by atoms with Gasteiger partial charge in [0.25, 0.3) is 0 Å². The summed E-state index contributed by atoms with van der Waals surface area (Å²) in [6.07, 6.45) is 0.968. The second-order valence-electron chi connectivity index (χ2n) is 11.3. The van der Waals surface area contributed by atoms with E-state index < -0.39 is 23.6 Å². The van der Waals surface area contributed by atoms with Gasteiger partial charge in [-0.15, -0.1) is 11.3 Å². The Morgan fingerprint density at radius 2 is 1.92 bits per heavy atom. The molecular formula is C27H35ClN4O5S. The van der Waals surface area contributed by atoms with Gasteiger partial charge in [0.15, 0.2) is 10.9 Å². The fourth-order valence-electron chi connectivity index (χ4n) is 5.23. The summed E-state index contributed by atoms with van der Waals surface area (Å²) in [5.41, 5.74) is 1.58. The molecule has 1 aromatic carbocycles. The largest absolute Gasteiger partial charge is 0.465 e. The Labute approximate surface area is 232 Å². The van der Waals surface area contributed by atoms with Gasteiger partial charge in [-0.1, -0.05) is 58.4 Å². The Bertz CT molecular complexity index is 1240. The van der Waals surface area contributed by atoms with E-state index in [2.05, 4.69) is 24.1 Å². The van der Waals surface area contributed by atoms with Crippen LogP contribution in [0.5, 0.6) is 0 Å². The Balaban J connectivity index is 1.67. The van der Waals surface area contributed by atoms with E-state index in [4.69, 9.17) is 16.3 Å². The zero-order valence-corrected chi connectivity index (χ0v) is 24.2. The number of ketones is 1. The number of methoxy groups -OCH3 is 1. The van der Waals surface area contributed by atoms with Gasteiger partial charge in [-0.2, -0.15) is 0 Å². The first-order valence-corrected chi connectivity index (χ1v) is 13.9. The van der Waals surface area contributed by atoms with Gasteiger partial charge in [0.05, 0.1) is 19.7 Å². The van der Waals surface area contributed by atoms with Gasteiger partial charge in [0.1, 0.15) is 6.04 Å². The number of nitrogens with one attached hydrogen (secondary N) is 1. The number of aromatic nitrogens is 1. The number of benzene rings is 1. The van der Waals surface area contributed by atoms with Crippen LogP contribution in [-0.4, -0.2) is 64.1 Å². The van der Waals surface area contributed by atoms with Gasteiger partial charge in [-0.25, -0.2) is 14.6 Å². The van der Waals surface area contributed by atoms with E-state index in [1.165, 1.54) is 23.3 Å². The summed E-state index contributed by atoms with van der Waals surface area (Å²) in [7, 11) is 1.35. The number of Topliss-reactive ketones (excluding diaryl/α,β-unsaturated/α-hetero) is 1. The molecule has 0 radical (unpaired) electrons. The summed E-state index contributed by atoms with van der Waals surface area (Å²) in [5.74, 6) is 0.0671. The highest BCUT2D eigenvalue weighted by Crippen LogP contribution is 2.44. The van der Waals surface area contributed by atoms with Crippen molar-refractivity contribution in [2.45, 2.75) is 71.5 Å². The zero-order valence-electron chi connectivity index (χ0n) is 22.6. The normalized spacial score (nSPS) is 20.0. The van der Waals surface area contributed by atoms with Crippen molar-refractivity contribution >= 4 is 46.0 Å². The van der Waals surface area contributed by atoms with Crippen molar-refractivity contribution < 1.29 is 24.2 Å². The number of ether oxygens (including phenoxy) is 1. The molecule has 4 rings (SSSR count). The molecule has 3 heterocycles. The molecule has 0 saturated carbocycles. The molecule has 2 N–H and O–H groups in total. The number of hydrogen-bond acceptors (Lipinski definition) is 7. The van der Waals surface area contributed by atoms with Gasteiger partial charge in [-0.05, 0) is 34.4 Å². The predicted molar refractivity (Wildman–Crippen MR) is 147 cm³/mol. The van der Waals surface area contributed by atoms with Crippen LogP contribution < -0.4 is 5.32 Å². The molecule has 0 bridgehead atoms. The van der Waals surface area contributed by atoms with Crippen LogP contribution in [0.2, 0.25) is 5.02 Å². The Morgan fingerprint density at radius 1 is 1.24 bits per heavy atom. The Morgan fingerprint density at radius 3 is 2.50 bits per heavy atom. The molecule has 2 aliphatic rings. The second kappa shape index (κ2) is 10.7. The third-order valence-electron chi connectivity index (χ3n) is 7.33. The lowest BCUT2D eigenvalue weighted by molar-refractivity contribution is -0.126. The topological polar surface area (TPSA) is 112 Å². The number of fused-ring (bicyclic) bond motifs is 1. The van der Waals surface area contributed by atoms with Crippen LogP contribution in [0.3, 0.4) is 0 Å². The van der Waals surface area contributed by atoms with E-state index in [0.717, 1.165) is 16.9 Å². The van der Waals surface area contributed by atoms with Crippen LogP contribution in [0, 0.1) is 5.41 Å². The molecule has 0 aliphatic carbocycles. The van der Waals surface area contributed by atoms with Gasteiger partial charge in [-0.3, -0.25) is 9.69 Å². The molecule has 2 amide bonds. The van der Waals surface area contributed by atoms with Crippen molar-refractivity contribution in [1.82, 2.24) is 14.8 Å². The number of carbonyl (C=O) groups is 3. The lowest BCUT2D eigenvalue weighted by Gasteiger charge is -2.34. The number of rotatable bonds is 6. The summed E-state index contributed by atoms with van der Waals surface area (Å²) >= 11 is 8.38. The summed E-state index contributed by atoms with van der Waals surface area (Å²) in [6.45, 7) is 11.1. The van der Waals surface area contributed by atoms with Crippen LogP contribution in [0.15, 0.2) is 18.3 Å². The number of amides is 2. The van der Waals surface area contributed by atoms with Crippen molar-refractivity contribution in [3.8, 4) is 0 Å². The van der Waals surface area contributed by atoms with Crippen molar-refractivity contribution in [3.05, 3.63) is 44.9 Å². The smallest absolute Gasteiger partial charge is 0.409 e. The van der Waals surface area contributed by atoms with Crippen LogP contribution in [0.25, 0.3) is 0 Å². The molecule has 1 saturated heterocycles. The van der Waals surface area contributed by atoms with Crippen molar-refractivity contribution in [2.75, 3.05) is 25.5 Å². The first-order chi connectivity index (χ1) is 17.8. The number of likely N-dealkylation sites (tertiary alicyclic amines) is 1. The van der Waals surface area contributed by atoms with Crippen molar-refractivity contribution in [2.24, 2.45) is 5.41 Å². The molecule has 11 heteroatoms. The molecule has 3 atom stereocenters. The monoisotopic (exact) mass is 562 g/mol. The van der Waals surface area contributed by atoms with Gasteiger partial charge in [0.2, 0.25) is 0 Å². The third kappa shape index (κ3) is 5.33. The molecule has 0 spiro atoms. The Kier molecular flexibility index (Phi) is 7.95. The van der Waals surface area contributed by atoms with Crippen molar-refractivity contribution in [3.63, 3.8) is 0 Å². The fourth-order valence-corrected chi connectivity index (χ4v) is 6.46. The van der Waals surface area contributed by atoms with Gasteiger partial charge in [0, 0.05) is 35.1 Å². The number of carbonyl (C=O) groups excluding carboxylic acids is 2. The number of anilines is 1. The zero-order chi connectivity index (χ0) is 27.9. The highest BCUT2D eigenvalue weighted by molar-refractivity contribution is 7.15. The minimum atomic E-state index is -1.18. The van der Waals surface area contributed by atoms with Gasteiger partial charge >= 0.3 is 12.2 Å². The highest BCUT2D eigenvalue weighted by Gasteiger charge is 2.46. The lowest BCUT2D eigenvalue weighted by atomic mass is 9.80. The number of carboxylic acid groups (broad SMARTS) is 1. The van der Waals surface area contributed by atoms with E-state index in [1.54, 1.807) is 4.90 Å². The third-order valence-corrected chi connectivity index (χ3v) is 9.01. The molecular weight excluding hydrogens is 528 g/mol. The predicted octanol–water partition coefficient (Wildman–Crippen LogP) is 6.11. The van der Waals surface area contributed by atoms with Crippen molar-refractivity contribution in [1.29, 1.82) is 0 Å². The first kappa shape index (κ1) is 28.2. The average molecular weight is 563 g/mol. The maximum Gasteiger partial charge on any atom is 0.409 e. The number of thiazole rings is 1. The minimum Gasteiger partial charge on any atom is -0.465 e. The molecule has 2 aliphatic heterocycles. The van der Waals surface area contributed by atoms with E-state index >= 15 is 0 Å². The quantitative estimate of drug-likeness (QED) is 0.437. The Hall–Kier alpha value is -2.85. The van der Waals surface area contributed by atoms with E-state index in [1.807, 2.05) is 39.1 Å². The van der Waals surface area contributed by atoms with Crippen LogP contribution in [-0.2, 0) is 16.1 Å². The van der Waals surface area contributed by atoms with E-state index in [-0.39, 0.29) is 24.3 Å². The van der Waals surface area contributed by atoms with Crippen LogP contribution in [0.1, 0.15) is 80.5 Å². The highest BCUT2D eigenvalue weighted by atomic mass is 35.5. The van der Waals surface area contributed by atoms with Crippen LogP contribution >= 0.6 is 22.9 Å². The minimum absolute atomic E-state index is 0.00368. The summed E-state index contributed by atoms with van der Waals surface area (Å²) in [4.78, 5) is 46.8. The van der Waals surface area contributed by atoms with E-state index in [9.17, 15) is 19.5 Å². The molecule has 1 aromatic heterocycles. The molecule has 38 heavy (non-hydrogen) atoms. The molecule has 2 unspecified atom stereocenters. The van der Waals surface area contributed by atoms with Gasteiger partial charge < -0.3 is 20.1 Å². The maximum absolute atomic E-state index is 14.1. The molecule has 1 fully saturated rings. The molecule has 9 nitrogen and oxygen atoms in total. The summed E-state index contributed by atoms with van der Waals surface area (Å²) in [5, 5.41) is 14.5. The number of halogens is 1. The molecule has 2 aromatic rings. The fraction of sp³-hybridized carbons (Fsp3) is 0.556. The number of hydrogen-bond donors (Lipinski definition) is 2. The molecule has 206 valence electrons. The summed E-state index contributed by atoms with van der Waals surface area (Å²) in [6, 6.07) is 2.01. The van der Waals surface area contributed by atoms with E-state index in [0.29, 0.717) is 40.3 Å².